The van der Waals surface area contributed by atoms with Gasteiger partial charge in [0.2, 0.25) is 0 Å². The zero-order valence-electron chi connectivity index (χ0n) is 10.4. The first-order valence-electron chi connectivity index (χ1n) is 6.58. The Bertz CT molecular complexity index is 624. The molecule has 0 radical (unpaired) electrons. The van der Waals surface area contributed by atoms with Crippen LogP contribution in [0.2, 0.25) is 0 Å². The van der Waals surface area contributed by atoms with E-state index >= 15 is 0 Å². The van der Waals surface area contributed by atoms with Crippen molar-refractivity contribution in [3.8, 4) is 0 Å². The van der Waals surface area contributed by atoms with Gasteiger partial charge in [-0.3, -0.25) is 0 Å². The summed E-state index contributed by atoms with van der Waals surface area (Å²) in [5, 5.41) is 0. The molecule has 0 amide bonds. The minimum Gasteiger partial charge on any atom is -0.331 e. The Morgan fingerprint density at radius 1 is 1.50 bits per heavy atom. The van der Waals surface area contributed by atoms with Gasteiger partial charge in [-0.05, 0) is 71.8 Å². The Hall–Kier alpha value is -0.360. The molecule has 4 heteroatoms. The van der Waals surface area contributed by atoms with Crippen molar-refractivity contribution < 1.29 is 0 Å². The van der Waals surface area contributed by atoms with E-state index in [-0.39, 0.29) is 0 Å². The Morgan fingerprint density at radius 2 is 2.28 bits per heavy atom. The number of aromatic amines is 1. The summed E-state index contributed by atoms with van der Waals surface area (Å²) in [6.07, 6.45) is 5.25. The summed E-state index contributed by atoms with van der Waals surface area (Å²) >= 11 is 7.86. The van der Waals surface area contributed by atoms with Gasteiger partial charge in [0.25, 0.3) is 0 Å². The Morgan fingerprint density at radius 3 is 2.94 bits per heavy atom. The maximum atomic E-state index is 5.52. The number of fused-ring (bicyclic) bond motifs is 1. The van der Waals surface area contributed by atoms with Gasteiger partial charge in [0.1, 0.15) is 0 Å². The van der Waals surface area contributed by atoms with Crippen LogP contribution in [0.4, 0.5) is 0 Å². The van der Waals surface area contributed by atoms with Gasteiger partial charge >= 0.3 is 0 Å². The highest BCUT2D eigenvalue weighted by Crippen LogP contribution is 2.39. The van der Waals surface area contributed by atoms with Crippen LogP contribution in [0.5, 0.6) is 0 Å². The molecule has 2 nitrogen and oxygen atoms in total. The van der Waals surface area contributed by atoms with E-state index in [1.54, 1.807) is 0 Å². The summed E-state index contributed by atoms with van der Waals surface area (Å²) in [5.74, 6) is 0.936. The van der Waals surface area contributed by atoms with Crippen molar-refractivity contribution in [2.24, 2.45) is 5.92 Å². The van der Waals surface area contributed by atoms with Gasteiger partial charge in [-0.2, -0.15) is 0 Å². The van der Waals surface area contributed by atoms with Crippen LogP contribution in [0.15, 0.2) is 18.2 Å². The van der Waals surface area contributed by atoms with Gasteiger partial charge in [0.05, 0.1) is 11.0 Å². The van der Waals surface area contributed by atoms with Crippen molar-refractivity contribution in [1.29, 1.82) is 0 Å². The van der Waals surface area contributed by atoms with Crippen molar-refractivity contribution in [3.05, 3.63) is 26.5 Å². The van der Waals surface area contributed by atoms with E-state index in [4.69, 9.17) is 12.2 Å². The second-order valence-electron chi connectivity index (χ2n) is 5.20. The third kappa shape index (κ3) is 2.37. The molecular weight excluding hydrogens is 355 g/mol. The van der Waals surface area contributed by atoms with Crippen LogP contribution in [0.25, 0.3) is 11.0 Å². The van der Waals surface area contributed by atoms with Crippen molar-refractivity contribution in [2.45, 2.75) is 38.6 Å². The fourth-order valence-electron chi connectivity index (χ4n) is 2.66. The lowest BCUT2D eigenvalue weighted by Gasteiger charge is -2.17. The zero-order chi connectivity index (χ0) is 12.7. The van der Waals surface area contributed by atoms with Crippen LogP contribution in [0.1, 0.15) is 38.6 Å². The highest BCUT2D eigenvalue weighted by atomic mass is 127. The molecule has 1 aromatic heterocycles. The van der Waals surface area contributed by atoms with Crippen LogP contribution in [0.3, 0.4) is 0 Å². The summed E-state index contributed by atoms with van der Waals surface area (Å²) in [7, 11) is 0. The van der Waals surface area contributed by atoms with Crippen LogP contribution >= 0.6 is 34.8 Å². The van der Waals surface area contributed by atoms with Gasteiger partial charge in [-0.15, -0.1) is 0 Å². The summed E-state index contributed by atoms with van der Waals surface area (Å²) in [5.41, 5.74) is 2.43. The first kappa shape index (κ1) is 12.7. The van der Waals surface area contributed by atoms with E-state index in [2.05, 4.69) is 57.3 Å². The second kappa shape index (κ2) is 4.96. The topological polar surface area (TPSA) is 20.7 Å². The van der Waals surface area contributed by atoms with Gasteiger partial charge in [0.15, 0.2) is 4.77 Å². The number of nitrogens with zero attached hydrogens (tertiary/aromatic N) is 1. The molecule has 18 heavy (non-hydrogen) atoms. The Labute approximate surface area is 126 Å². The molecule has 0 saturated heterocycles. The molecule has 0 bridgehead atoms. The molecule has 96 valence electrons. The van der Waals surface area contributed by atoms with Crippen LogP contribution in [-0.2, 0) is 0 Å². The molecule has 1 heterocycles. The summed E-state index contributed by atoms with van der Waals surface area (Å²) < 4.78 is 4.46. The van der Waals surface area contributed by atoms with E-state index in [9.17, 15) is 0 Å². The lowest BCUT2D eigenvalue weighted by atomic mass is 10.1. The van der Waals surface area contributed by atoms with Crippen molar-refractivity contribution >= 4 is 45.8 Å². The van der Waals surface area contributed by atoms with E-state index in [1.807, 2.05) is 0 Å². The molecule has 1 aromatic carbocycles. The molecule has 1 unspecified atom stereocenters. The smallest absolute Gasteiger partial charge is 0.178 e. The van der Waals surface area contributed by atoms with Crippen LogP contribution in [0, 0.1) is 14.3 Å². The van der Waals surface area contributed by atoms with Crippen LogP contribution in [-0.4, -0.2) is 9.55 Å². The molecule has 0 spiro atoms. The normalized spacial score (nSPS) is 17.2. The fraction of sp³-hybridized carbons (Fsp3) is 0.500. The average Bonchev–Trinajstić information content (AvgIpc) is 3.09. The van der Waals surface area contributed by atoms with Gasteiger partial charge in [-0.1, -0.05) is 19.8 Å². The van der Waals surface area contributed by atoms with Gasteiger partial charge in [0, 0.05) is 9.61 Å². The van der Waals surface area contributed by atoms with Crippen molar-refractivity contribution in [3.63, 3.8) is 0 Å². The lowest BCUT2D eigenvalue weighted by Crippen LogP contribution is -2.09. The number of benzene rings is 1. The molecule has 1 atom stereocenters. The molecule has 1 N–H and O–H groups in total. The molecule has 1 aliphatic rings. The number of imidazole rings is 1. The summed E-state index contributed by atoms with van der Waals surface area (Å²) in [6, 6.07) is 7.08. The monoisotopic (exact) mass is 372 g/mol. The Kier molecular flexibility index (Phi) is 3.49. The molecule has 1 aliphatic carbocycles. The van der Waals surface area contributed by atoms with E-state index in [0.29, 0.717) is 6.04 Å². The first-order valence-corrected chi connectivity index (χ1v) is 8.07. The summed E-state index contributed by atoms with van der Waals surface area (Å²) in [6.45, 7) is 2.26. The lowest BCUT2D eigenvalue weighted by molar-refractivity contribution is 0.434. The minimum absolute atomic E-state index is 0.554. The molecule has 3 rings (SSSR count). The third-order valence-electron chi connectivity index (χ3n) is 3.82. The van der Waals surface area contributed by atoms with Gasteiger partial charge < -0.3 is 9.55 Å². The largest absolute Gasteiger partial charge is 0.331 e. The Balaban J connectivity index is 2.08. The number of H-pyrrole nitrogens is 1. The predicted octanol–water partition coefficient (Wildman–Crippen LogP) is 5.05. The number of rotatable bonds is 4. The number of aromatic nitrogens is 2. The molecular formula is C14H17IN2S. The molecule has 1 saturated carbocycles. The first-order chi connectivity index (χ1) is 8.69. The van der Waals surface area contributed by atoms with E-state index in [1.165, 1.54) is 33.9 Å². The SMILES string of the molecule is CCC(CC1CC1)n1c(=S)[nH]c2cc(I)ccc21. The number of hydrogen-bond acceptors (Lipinski definition) is 1. The highest BCUT2D eigenvalue weighted by molar-refractivity contribution is 14.1. The maximum Gasteiger partial charge on any atom is 0.178 e. The van der Waals surface area contributed by atoms with E-state index < -0.39 is 0 Å². The average molecular weight is 372 g/mol. The highest BCUT2D eigenvalue weighted by Gasteiger charge is 2.26. The second-order valence-corrected chi connectivity index (χ2v) is 6.84. The maximum absolute atomic E-state index is 5.52. The number of nitrogens with one attached hydrogen (secondary N) is 1. The predicted molar refractivity (Wildman–Crippen MR) is 86.5 cm³/mol. The molecule has 2 aromatic rings. The van der Waals surface area contributed by atoms with Crippen molar-refractivity contribution in [2.75, 3.05) is 0 Å². The van der Waals surface area contributed by atoms with Gasteiger partial charge in [-0.25, -0.2) is 0 Å². The zero-order valence-corrected chi connectivity index (χ0v) is 13.4. The number of halogens is 1. The quantitative estimate of drug-likeness (QED) is 0.588. The number of hydrogen-bond donors (Lipinski definition) is 1. The summed E-state index contributed by atoms with van der Waals surface area (Å²) in [4.78, 5) is 3.35. The fourth-order valence-corrected chi connectivity index (χ4v) is 3.51. The molecule has 0 aliphatic heterocycles. The van der Waals surface area contributed by atoms with Crippen LogP contribution < -0.4 is 0 Å². The van der Waals surface area contributed by atoms with Crippen molar-refractivity contribution in [1.82, 2.24) is 9.55 Å². The minimum atomic E-state index is 0.554. The van der Waals surface area contributed by atoms with E-state index in [0.717, 1.165) is 17.1 Å². The third-order valence-corrected chi connectivity index (χ3v) is 4.79. The molecule has 1 fully saturated rings. The standard InChI is InChI=1S/C14H17IN2S/c1-2-11(7-9-3-4-9)17-13-6-5-10(15)8-12(13)16-14(17)18/h5-6,8-9,11H,2-4,7H2,1H3,(H,16,18).